The lowest BCUT2D eigenvalue weighted by atomic mass is 10.0. The first kappa shape index (κ1) is 14.6. The van der Waals surface area contributed by atoms with Crippen LogP contribution >= 0.6 is 22.6 Å². The fourth-order valence-electron chi connectivity index (χ4n) is 2.60. The first-order valence-electron chi connectivity index (χ1n) is 7.50. The third kappa shape index (κ3) is 3.31. The number of unbranched alkanes of at least 4 members (excludes halogenated alkanes) is 1. The van der Waals surface area contributed by atoms with Gasteiger partial charge in [-0.2, -0.15) is 0 Å². The van der Waals surface area contributed by atoms with E-state index in [2.05, 4.69) is 84.1 Å². The number of benzene rings is 3. The molecule has 1 atom stereocenters. The van der Waals surface area contributed by atoms with Crippen molar-refractivity contribution in [2.24, 2.45) is 0 Å². The molecule has 0 fully saturated rings. The molecule has 3 rings (SSSR count). The number of ether oxygens (including phenoxy) is 1. The van der Waals surface area contributed by atoms with Crippen molar-refractivity contribution in [2.75, 3.05) is 0 Å². The number of hydrogen-bond acceptors (Lipinski definition) is 1. The van der Waals surface area contributed by atoms with E-state index in [0.29, 0.717) is 0 Å². The molecule has 0 heterocycles. The third-order valence-corrected chi connectivity index (χ3v) is 4.62. The fraction of sp³-hybridized carbons (Fsp3) is 0.263. The van der Waals surface area contributed by atoms with Gasteiger partial charge < -0.3 is 4.74 Å². The van der Waals surface area contributed by atoms with Gasteiger partial charge in [0.2, 0.25) is 0 Å². The molecule has 0 aliphatic rings. The van der Waals surface area contributed by atoms with Crippen LogP contribution in [0.2, 0.25) is 0 Å². The molecule has 2 heteroatoms. The van der Waals surface area contributed by atoms with Crippen LogP contribution in [-0.2, 0) is 0 Å². The van der Waals surface area contributed by atoms with Crippen LogP contribution in [-0.4, -0.2) is 4.11 Å². The molecule has 0 bridgehead atoms. The summed E-state index contributed by atoms with van der Waals surface area (Å²) in [5.41, 5.74) is 0. The Morgan fingerprint density at radius 1 is 0.952 bits per heavy atom. The van der Waals surface area contributed by atoms with Crippen molar-refractivity contribution in [1.82, 2.24) is 0 Å². The highest BCUT2D eigenvalue weighted by Gasteiger charge is 2.09. The molecule has 3 aromatic carbocycles. The van der Waals surface area contributed by atoms with Gasteiger partial charge in [0.1, 0.15) is 9.86 Å². The molecule has 1 unspecified atom stereocenters. The Labute approximate surface area is 139 Å². The Morgan fingerprint density at radius 2 is 1.67 bits per heavy atom. The van der Waals surface area contributed by atoms with Crippen LogP contribution < -0.4 is 4.74 Å². The molecule has 0 N–H and O–H groups in total. The van der Waals surface area contributed by atoms with Gasteiger partial charge in [-0.15, -0.1) is 0 Å². The molecule has 0 aliphatic carbocycles. The second-order valence-electron chi connectivity index (χ2n) is 5.35. The number of hydrogen-bond donors (Lipinski definition) is 0. The van der Waals surface area contributed by atoms with Gasteiger partial charge in [0.25, 0.3) is 0 Å². The van der Waals surface area contributed by atoms with Crippen LogP contribution in [0.5, 0.6) is 5.75 Å². The minimum atomic E-state index is 0.236. The highest BCUT2D eigenvalue weighted by Crippen LogP contribution is 2.31. The van der Waals surface area contributed by atoms with Crippen molar-refractivity contribution in [3.8, 4) is 5.75 Å². The summed E-state index contributed by atoms with van der Waals surface area (Å²) in [4.78, 5) is 0. The molecular weight excluding hydrogens is 371 g/mol. The average Bonchev–Trinajstić information content (AvgIpc) is 2.51. The maximum atomic E-state index is 6.17. The van der Waals surface area contributed by atoms with Crippen LogP contribution in [0.3, 0.4) is 0 Å². The van der Waals surface area contributed by atoms with Crippen molar-refractivity contribution < 1.29 is 4.74 Å². The molecule has 21 heavy (non-hydrogen) atoms. The van der Waals surface area contributed by atoms with Crippen LogP contribution in [0.1, 0.15) is 26.2 Å². The Morgan fingerprint density at radius 3 is 2.43 bits per heavy atom. The Bertz CT molecular complexity index is 751. The molecule has 0 radical (unpaired) electrons. The minimum absolute atomic E-state index is 0.236. The highest BCUT2D eigenvalue weighted by molar-refractivity contribution is 14.1. The number of rotatable bonds is 5. The van der Waals surface area contributed by atoms with E-state index in [1.165, 1.54) is 34.4 Å². The summed E-state index contributed by atoms with van der Waals surface area (Å²) in [5.74, 6) is 0.994. The summed E-state index contributed by atoms with van der Waals surface area (Å²) < 4.78 is 6.40. The van der Waals surface area contributed by atoms with Gasteiger partial charge in [-0.25, -0.2) is 0 Å². The SMILES string of the molecule is CCCCC(I)Oc1cccc2cc3ccccc3cc12. The van der Waals surface area contributed by atoms with Gasteiger partial charge in [0.15, 0.2) is 0 Å². The topological polar surface area (TPSA) is 9.23 Å². The quantitative estimate of drug-likeness (QED) is 0.281. The van der Waals surface area contributed by atoms with E-state index in [1.807, 2.05) is 0 Å². The third-order valence-electron chi connectivity index (χ3n) is 3.75. The van der Waals surface area contributed by atoms with Crippen LogP contribution in [0.25, 0.3) is 21.5 Å². The lowest BCUT2D eigenvalue weighted by Crippen LogP contribution is -2.07. The Balaban J connectivity index is 2.00. The Kier molecular flexibility index (Phi) is 4.63. The predicted octanol–water partition coefficient (Wildman–Crippen LogP) is 6.32. The molecule has 3 aromatic rings. The van der Waals surface area contributed by atoms with Gasteiger partial charge in [-0.3, -0.25) is 0 Å². The van der Waals surface area contributed by atoms with Gasteiger partial charge in [0.05, 0.1) is 0 Å². The summed E-state index contributed by atoms with van der Waals surface area (Å²) >= 11 is 2.40. The van der Waals surface area contributed by atoms with E-state index < -0.39 is 0 Å². The summed E-state index contributed by atoms with van der Waals surface area (Å²) in [6.07, 6.45) is 3.52. The fourth-order valence-corrected chi connectivity index (χ4v) is 3.32. The summed E-state index contributed by atoms with van der Waals surface area (Å²) in [5, 5.41) is 4.98. The minimum Gasteiger partial charge on any atom is -0.480 e. The lowest BCUT2D eigenvalue weighted by molar-refractivity contribution is 0.291. The average molecular weight is 390 g/mol. The van der Waals surface area contributed by atoms with Gasteiger partial charge >= 0.3 is 0 Å². The van der Waals surface area contributed by atoms with E-state index in [-0.39, 0.29) is 4.11 Å². The van der Waals surface area contributed by atoms with Gasteiger partial charge in [-0.1, -0.05) is 49.7 Å². The molecule has 0 aromatic heterocycles. The van der Waals surface area contributed by atoms with Crippen LogP contribution in [0.4, 0.5) is 0 Å². The van der Waals surface area contributed by atoms with Crippen molar-refractivity contribution in [3.63, 3.8) is 0 Å². The molecule has 1 nitrogen and oxygen atoms in total. The number of fused-ring (bicyclic) bond motifs is 2. The maximum Gasteiger partial charge on any atom is 0.149 e. The van der Waals surface area contributed by atoms with E-state index in [4.69, 9.17) is 4.74 Å². The smallest absolute Gasteiger partial charge is 0.149 e. The lowest BCUT2D eigenvalue weighted by Gasteiger charge is -2.15. The summed E-state index contributed by atoms with van der Waals surface area (Å²) in [6, 6.07) is 19.3. The molecule has 0 saturated heterocycles. The van der Waals surface area contributed by atoms with Crippen molar-refractivity contribution in [3.05, 3.63) is 54.6 Å². The molecule has 108 valence electrons. The van der Waals surface area contributed by atoms with E-state index in [9.17, 15) is 0 Å². The second-order valence-corrected chi connectivity index (χ2v) is 6.74. The first-order chi connectivity index (χ1) is 10.3. The number of alkyl halides is 1. The van der Waals surface area contributed by atoms with E-state index in [1.54, 1.807) is 0 Å². The zero-order chi connectivity index (χ0) is 14.7. The predicted molar refractivity (Wildman–Crippen MR) is 99.4 cm³/mol. The molecule has 0 aliphatic heterocycles. The molecule has 0 saturated carbocycles. The monoisotopic (exact) mass is 390 g/mol. The summed E-state index contributed by atoms with van der Waals surface area (Å²) in [7, 11) is 0. The second kappa shape index (κ2) is 6.65. The zero-order valence-corrected chi connectivity index (χ0v) is 14.3. The van der Waals surface area contributed by atoms with Crippen molar-refractivity contribution in [2.45, 2.75) is 30.3 Å². The first-order valence-corrected chi connectivity index (χ1v) is 8.75. The van der Waals surface area contributed by atoms with Crippen LogP contribution in [0, 0.1) is 0 Å². The Hall–Kier alpha value is -1.29. The van der Waals surface area contributed by atoms with Gasteiger partial charge in [-0.05, 0) is 69.8 Å². The highest BCUT2D eigenvalue weighted by atomic mass is 127. The largest absolute Gasteiger partial charge is 0.480 e. The number of halogens is 1. The maximum absolute atomic E-state index is 6.17. The van der Waals surface area contributed by atoms with Gasteiger partial charge in [0, 0.05) is 5.39 Å². The van der Waals surface area contributed by atoms with E-state index >= 15 is 0 Å². The normalized spacial score (nSPS) is 12.7. The molecule has 0 amide bonds. The van der Waals surface area contributed by atoms with Crippen molar-refractivity contribution >= 4 is 44.1 Å². The molecule has 0 spiro atoms. The zero-order valence-electron chi connectivity index (χ0n) is 12.2. The standard InChI is InChI=1S/C19H19IO/c1-2-3-11-19(20)21-18-10-6-9-16-12-14-7-4-5-8-15(14)13-17(16)18/h4-10,12-13,19H,2-3,11H2,1H3. The van der Waals surface area contributed by atoms with E-state index in [0.717, 1.165) is 12.2 Å². The summed E-state index contributed by atoms with van der Waals surface area (Å²) in [6.45, 7) is 2.22. The van der Waals surface area contributed by atoms with Crippen molar-refractivity contribution in [1.29, 1.82) is 0 Å². The van der Waals surface area contributed by atoms with Crippen LogP contribution in [0.15, 0.2) is 54.6 Å². The molecular formula is C19H19IO.